The average molecular weight is 317 g/mol. The number of hydrogen-bond acceptors (Lipinski definition) is 1. The molecule has 0 fully saturated rings. The first-order chi connectivity index (χ1) is 11.2. The van der Waals surface area contributed by atoms with E-state index in [0.717, 1.165) is 5.56 Å². The molecule has 1 nitrogen and oxygen atoms in total. The van der Waals surface area contributed by atoms with E-state index >= 15 is 0 Å². The van der Waals surface area contributed by atoms with Crippen LogP contribution in [-0.2, 0) is 4.79 Å². The van der Waals surface area contributed by atoms with E-state index in [9.17, 15) is 4.79 Å². The van der Waals surface area contributed by atoms with Crippen molar-refractivity contribution < 1.29 is 4.79 Å². The van der Waals surface area contributed by atoms with Crippen LogP contribution >= 0.6 is 0 Å². The van der Waals surface area contributed by atoms with E-state index in [1.807, 2.05) is 78.8 Å². The summed E-state index contributed by atoms with van der Waals surface area (Å²) in [5.41, 5.74) is 1.52. The summed E-state index contributed by atoms with van der Waals surface area (Å²) in [5, 5.41) is 0. The molecule has 130 valence electrons. The predicted molar refractivity (Wildman–Crippen MR) is 110 cm³/mol. The third-order valence-corrected chi connectivity index (χ3v) is 1.91. The normalized spacial score (nSPS) is 8.13. The van der Waals surface area contributed by atoms with E-state index in [0.29, 0.717) is 5.57 Å². The summed E-state index contributed by atoms with van der Waals surface area (Å²) in [6, 6.07) is 9.71. The van der Waals surface area contributed by atoms with Crippen molar-refractivity contribution in [1.29, 1.82) is 0 Å². The number of hydrogen-bond donors (Lipinski definition) is 0. The molecule has 0 aromatic heterocycles. The minimum Gasteiger partial charge on any atom is -0.289 e. The van der Waals surface area contributed by atoms with Crippen LogP contribution in [0.5, 0.6) is 0 Å². The van der Waals surface area contributed by atoms with Gasteiger partial charge in [-0.05, 0) is 18.6 Å². The fourth-order valence-electron chi connectivity index (χ4n) is 1.13. The average Bonchev–Trinajstić information content (AvgIpc) is 2.67. The zero-order valence-electron chi connectivity index (χ0n) is 16.2. The molecule has 0 saturated carbocycles. The van der Waals surface area contributed by atoms with Crippen molar-refractivity contribution >= 4 is 11.9 Å². The molecule has 0 N–H and O–H groups in total. The van der Waals surface area contributed by atoms with Gasteiger partial charge in [0.2, 0.25) is 0 Å². The second kappa shape index (κ2) is 28.1. The first kappa shape index (κ1) is 28.9. The molecule has 1 rings (SSSR count). The Bertz CT molecular complexity index is 411. The van der Waals surface area contributed by atoms with Crippen LogP contribution in [0.4, 0.5) is 0 Å². The summed E-state index contributed by atoms with van der Waals surface area (Å²) < 4.78 is 0. The summed E-state index contributed by atoms with van der Waals surface area (Å²) in [5.74, 6) is -0.0584. The van der Waals surface area contributed by atoms with Crippen LogP contribution in [0.3, 0.4) is 0 Å². The number of rotatable bonds is 4. The largest absolute Gasteiger partial charge is 0.289 e. The first-order valence-electron chi connectivity index (χ1n) is 8.33. The van der Waals surface area contributed by atoms with Crippen molar-refractivity contribution in [3.63, 3.8) is 0 Å². The lowest BCUT2D eigenvalue weighted by Gasteiger charge is -1.93. The standard InChI is InChI=1S/C14H14O.3C2H6.C2H4/c1-3-7-12(2)14(15)11-10-13-8-5-4-6-9-13;4*1-2/h3-11H,2H2,1H3;3*1-2H3;1-2H2/b7-3-,11-10+;;;;. The van der Waals surface area contributed by atoms with Gasteiger partial charge in [0.15, 0.2) is 5.78 Å². The van der Waals surface area contributed by atoms with Crippen molar-refractivity contribution in [3.8, 4) is 0 Å². The van der Waals surface area contributed by atoms with E-state index in [1.165, 1.54) is 6.08 Å². The molecule has 1 aromatic carbocycles. The van der Waals surface area contributed by atoms with E-state index in [4.69, 9.17) is 0 Å². The maximum atomic E-state index is 11.5. The van der Waals surface area contributed by atoms with Crippen LogP contribution in [-0.4, -0.2) is 5.78 Å². The molecule has 0 saturated heterocycles. The molecule has 0 atom stereocenters. The molecular formula is C22H36O. The molecule has 0 aliphatic carbocycles. The zero-order valence-corrected chi connectivity index (χ0v) is 16.2. The molecule has 0 heterocycles. The third-order valence-electron chi connectivity index (χ3n) is 1.91. The van der Waals surface area contributed by atoms with Crippen LogP contribution < -0.4 is 0 Å². The van der Waals surface area contributed by atoms with Crippen LogP contribution in [0.25, 0.3) is 6.08 Å². The topological polar surface area (TPSA) is 17.1 Å². The van der Waals surface area contributed by atoms with Gasteiger partial charge < -0.3 is 0 Å². The number of allylic oxidation sites excluding steroid dienone is 4. The highest BCUT2D eigenvalue weighted by Gasteiger charge is 1.97. The van der Waals surface area contributed by atoms with Gasteiger partial charge in [0.1, 0.15) is 0 Å². The van der Waals surface area contributed by atoms with Crippen molar-refractivity contribution in [3.05, 3.63) is 79.4 Å². The molecule has 0 spiro atoms. The summed E-state index contributed by atoms with van der Waals surface area (Å²) in [6.45, 7) is 23.5. The van der Waals surface area contributed by atoms with E-state index in [-0.39, 0.29) is 5.78 Å². The van der Waals surface area contributed by atoms with Crippen LogP contribution in [0.15, 0.2) is 73.9 Å². The van der Waals surface area contributed by atoms with Gasteiger partial charge in [0.05, 0.1) is 0 Å². The summed E-state index contributed by atoms with van der Waals surface area (Å²) in [4.78, 5) is 11.5. The second-order valence-electron chi connectivity index (χ2n) is 3.13. The second-order valence-corrected chi connectivity index (χ2v) is 3.13. The summed E-state index contributed by atoms with van der Waals surface area (Å²) in [7, 11) is 0. The molecule has 0 radical (unpaired) electrons. The maximum Gasteiger partial charge on any atom is 0.185 e. The molecule has 0 bridgehead atoms. The lowest BCUT2D eigenvalue weighted by atomic mass is 10.1. The van der Waals surface area contributed by atoms with E-state index < -0.39 is 0 Å². The van der Waals surface area contributed by atoms with Crippen molar-refractivity contribution in [2.75, 3.05) is 0 Å². The van der Waals surface area contributed by atoms with Crippen LogP contribution in [0.1, 0.15) is 54.0 Å². The molecular weight excluding hydrogens is 280 g/mol. The highest BCUT2D eigenvalue weighted by molar-refractivity contribution is 6.07. The van der Waals surface area contributed by atoms with Gasteiger partial charge in [0, 0.05) is 5.57 Å². The van der Waals surface area contributed by atoms with Crippen molar-refractivity contribution in [2.45, 2.75) is 48.5 Å². The molecule has 0 aliphatic heterocycles. The molecule has 0 aliphatic rings. The zero-order chi connectivity index (χ0) is 19.1. The van der Waals surface area contributed by atoms with Gasteiger partial charge in [-0.2, -0.15) is 0 Å². The lowest BCUT2D eigenvalue weighted by molar-refractivity contribution is -0.111. The van der Waals surface area contributed by atoms with Gasteiger partial charge >= 0.3 is 0 Å². The molecule has 0 amide bonds. The molecule has 1 aromatic rings. The lowest BCUT2D eigenvalue weighted by Crippen LogP contribution is -1.92. The molecule has 23 heavy (non-hydrogen) atoms. The molecule has 1 heteroatoms. The van der Waals surface area contributed by atoms with Gasteiger partial charge in [-0.1, -0.05) is 96.7 Å². The fourth-order valence-corrected chi connectivity index (χ4v) is 1.13. The van der Waals surface area contributed by atoms with E-state index in [2.05, 4.69) is 19.7 Å². The Labute approximate surface area is 145 Å². The highest BCUT2D eigenvalue weighted by Crippen LogP contribution is 2.03. The highest BCUT2D eigenvalue weighted by atomic mass is 16.1. The Kier molecular flexibility index (Phi) is 35.3. The van der Waals surface area contributed by atoms with Gasteiger partial charge in [-0.25, -0.2) is 0 Å². The summed E-state index contributed by atoms with van der Waals surface area (Å²) in [6.07, 6.45) is 6.84. The predicted octanol–water partition coefficient (Wildman–Crippen LogP) is 7.28. The maximum absolute atomic E-state index is 11.5. The number of carbonyl (C=O) groups excluding carboxylic acids is 1. The minimum absolute atomic E-state index is 0.0584. The fraction of sp³-hybridized carbons (Fsp3) is 0.318. The number of ketones is 1. The third kappa shape index (κ3) is 19.9. The minimum atomic E-state index is -0.0584. The Morgan fingerprint density at radius 2 is 1.30 bits per heavy atom. The van der Waals surface area contributed by atoms with Crippen LogP contribution in [0, 0.1) is 0 Å². The van der Waals surface area contributed by atoms with E-state index in [1.54, 1.807) is 18.2 Å². The number of benzene rings is 1. The SMILES string of the molecule is C=C.C=C(/C=C\C)C(=O)/C=C/c1ccccc1.CC.CC.CC. The smallest absolute Gasteiger partial charge is 0.185 e. The Morgan fingerprint density at radius 1 is 0.870 bits per heavy atom. The van der Waals surface area contributed by atoms with Crippen LogP contribution in [0.2, 0.25) is 0 Å². The molecule has 0 unspecified atom stereocenters. The van der Waals surface area contributed by atoms with Gasteiger partial charge in [-0.3, -0.25) is 4.79 Å². The van der Waals surface area contributed by atoms with Crippen molar-refractivity contribution in [2.24, 2.45) is 0 Å². The van der Waals surface area contributed by atoms with Gasteiger partial charge in [0.25, 0.3) is 0 Å². The first-order valence-corrected chi connectivity index (χ1v) is 8.33. The Morgan fingerprint density at radius 3 is 1.70 bits per heavy atom. The van der Waals surface area contributed by atoms with Crippen molar-refractivity contribution in [1.82, 2.24) is 0 Å². The Hall–Kier alpha value is -2.15. The number of carbonyl (C=O) groups is 1. The summed E-state index contributed by atoms with van der Waals surface area (Å²) >= 11 is 0. The quantitative estimate of drug-likeness (QED) is 0.324. The Balaban J connectivity index is -0.000000196. The van der Waals surface area contributed by atoms with Gasteiger partial charge in [-0.15, -0.1) is 13.2 Å². The monoisotopic (exact) mass is 316 g/mol.